The first-order chi connectivity index (χ1) is 6.22. The molecule has 1 aliphatic carbocycles. The van der Waals surface area contributed by atoms with E-state index in [0.29, 0.717) is 5.92 Å². The molecule has 2 unspecified atom stereocenters. The lowest BCUT2D eigenvalue weighted by Crippen LogP contribution is -2.04. The monoisotopic (exact) mass is 238 g/mol. The predicted molar refractivity (Wildman–Crippen MR) is 55.8 cm³/mol. The first kappa shape index (κ1) is 8.95. The van der Waals surface area contributed by atoms with Crippen LogP contribution in [0.4, 0.5) is 0 Å². The highest BCUT2D eigenvalue weighted by atomic mass is 79.9. The summed E-state index contributed by atoms with van der Waals surface area (Å²) >= 11 is 3.43. The highest BCUT2D eigenvalue weighted by Gasteiger charge is 2.28. The second-order valence-corrected chi connectivity index (χ2v) is 4.60. The molecule has 0 amide bonds. The smallest absolute Gasteiger partial charge is 0.127 e. The molecule has 13 heavy (non-hydrogen) atoms. The van der Waals surface area contributed by atoms with Crippen molar-refractivity contribution in [3.8, 4) is 0 Å². The Morgan fingerprint density at radius 1 is 1.54 bits per heavy atom. The maximum atomic E-state index is 10.9. The van der Waals surface area contributed by atoms with Gasteiger partial charge in [0.2, 0.25) is 0 Å². The zero-order valence-corrected chi connectivity index (χ0v) is 9.04. The second-order valence-electron chi connectivity index (χ2n) is 3.69. The first-order valence-electron chi connectivity index (χ1n) is 4.46. The average molecular weight is 239 g/mol. The van der Waals surface area contributed by atoms with Crippen LogP contribution in [0.25, 0.3) is 0 Å². The van der Waals surface area contributed by atoms with Gasteiger partial charge < -0.3 is 4.79 Å². The molecule has 2 rings (SSSR count). The van der Waals surface area contributed by atoms with E-state index in [4.69, 9.17) is 0 Å². The Morgan fingerprint density at radius 2 is 2.31 bits per heavy atom. The van der Waals surface area contributed by atoms with Crippen LogP contribution in [-0.2, 0) is 11.2 Å². The predicted octanol–water partition coefficient (Wildman–Crippen LogP) is 2.92. The van der Waals surface area contributed by atoms with Gasteiger partial charge in [0.15, 0.2) is 0 Å². The summed E-state index contributed by atoms with van der Waals surface area (Å²) in [6.45, 7) is 2.13. The fraction of sp³-hybridized carbons (Fsp3) is 0.364. The highest BCUT2D eigenvalue weighted by Crippen LogP contribution is 2.37. The van der Waals surface area contributed by atoms with Gasteiger partial charge in [0.05, 0.1) is 0 Å². The SMILES string of the molecule is CC1Cc2ccc(Br)cc2C1C=O. The molecular formula is C11H11BrO. The van der Waals surface area contributed by atoms with Crippen molar-refractivity contribution < 1.29 is 4.79 Å². The number of benzene rings is 1. The van der Waals surface area contributed by atoms with Crippen molar-refractivity contribution in [1.29, 1.82) is 0 Å². The van der Waals surface area contributed by atoms with Gasteiger partial charge in [0.25, 0.3) is 0 Å². The van der Waals surface area contributed by atoms with Crippen LogP contribution >= 0.6 is 15.9 Å². The van der Waals surface area contributed by atoms with Crippen LogP contribution in [-0.4, -0.2) is 6.29 Å². The zero-order chi connectivity index (χ0) is 9.42. The van der Waals surface area contributed by atoms with Gasteiger partial charge in [-0.05, 0) is 35.6 Å². The molecular weight excluding hydrogens is 228 g/mol. The maximum Gasteiger partial charge on any atom is 0.127 e. The highest BCUT2D eigenvalue weighted by molar-refractivity contribution is 9.10. The summed E-state index contributed by atoms with van der Waals surface area (Å²) in [6, 6.07) is 6.22. The molecule has 0 spiro atoms. The number of hydrogen-bond donors (Lipinski definition) is 0. The third-order valence-electron chi connectivity index (χ3n) is 2.77. The fourth-order valence-corrected chi connectivity index (χ4v) is 2.43. The summed E-state index contributed by atoms with van der Waals surface area (Å²) in [4.78, 5) is 10.9. The van der Waals surface area contributed by atoms with Gasteiger partial charge in [0.1, 0.15) is 6.29 Å². The molecule has 1 aromatic rings. The van der Waals surface area contributed by atoms with Gasteiger partial charge >= 0.3 is 0 Å². The van der Waals surface area contributed by atoms with Crippen LogP contribution < -0.4 is 0 Å². The van der Waals surface area contributed by atoms with E-state index in [9.17, 15) is 4.79 Å². The minimum Gasteiger partial charge on any atom is -0.303 e. The molecule has 0 bridgehead atoms. The molecule has 1 nitrogen and oxygen atoms in total. The zero-order valence-electron chi connectivity index (χ0n) is 7.46. The molecule has 2 heteroatoms. The number of fused-ring (bicyclic) bond motifs is 1. The van der Waals surface area contributed by atoms with E-state index in [-0.39, 0.29) is 5.92 Å². The molecule has 1 aromatic carbocycles. The van der Waals surface area contributed by atoms with Crippen molar-refractivity contribution in [2.75, 3.05) is 0 Å². The Balaban J connectivity index is 2.49. The summed E-state index contributed by atoms with van der Waals surface area (Å²) < 4.78 is 1.06. The topological polar surface area (TPSA) is 17.1 Å². The van der Waals surface area contributed by atoms with Crippen molar-refractivity contribution >= 4 is 22.2 Å². The molecule has 0 saturated carbocycles. The molecule has 0 heterocycles. The summed E-state index contributed by atoms with van der Waals surface area (Å²) in [5, 5.41) is 0. The largest absolute Gasteiger partial charge is 0.303 e. The molecule has 0 aromatic heterocycles. The Kier molecular flexibility index (Phi) is 2.24. The Labute approximate surface area is 86.3 Å². The van der Waals surface area contributed by atoms with Gasteiger partial charge in [-0.15, -0.1) is 0 Å². The Hall–Kier alpha value is -0.630. The van der Waals surface area contributed by atoms with E-state index >= 15 is 0 Å². The van der Waals surface area contributed by atoms with Crippen LogP contribution in [0.15, 0.2) is 22.7 Å². The molecule has 0 N–H and O–H groups in total. The molecule has 2 atom stereocenters. The lowest BCUT2D eigenvalue weighted by atomic mass is 9.96. The van der Waals surface area contributed by atoms with E-state index in [1.54, 1.807) is 0 Å². The van der Waals surface area contributed by atoms with Crippen LogP contribution in [0.3, 0.4) is 0 Å². The van der Waals surface area contributed by atoms with Gasteiger partial charge in [-0.25, -0.2) is 0 Å². The summed E-state index contributed by atoms with van der Waals surface area (Å²) in [6.07, 6.45) is 2.11. The summed E-state index contributed by atoms with van der Waals surface area (Å²) in [5.41, 5.74) is 2.53. The standard InChI is InChI=1S/C11H11BrO/c1-7-4-8-2-3-9(12)5-10(8)11(7)6-13/h2-3,5-7,11H,4H2,1H3. The van der Waals surface area contributed by atoms with Gasteiger partial charge in [-0.2, -0.15) is 0 Å². The molecule has 1 aliphatic rings. The second kappa shape index (κ2) is 3.26. The average Bonchev–Trinajstić information content (AvgIpc) is 2.40. The van der Waals surface area contributed by atoms with Gasteiger partial charge in [0, 0.05) is 10.4 Å². The first-order valence-corrected chi connectivity index (χ1v) is 5.25. The fourth-order valence-electron chi connectivity index (χ4n) is 2.05. The van der Waals surface area contributed by atoms with Crippen molar-refractivity contribution in [2.45, 2.75) is 19.3 Å². The lowest BCUT2D eigenvalue weighted by Gasteiger charge is -2.07. The van der Waals surface area contributed by atoms with Crippen LogP contribution in [0.1, 0.15) is 24.0 Å². The maximum absolute atomic E-state index is 10.9. The van der Waals surface area contributed by atoms with E-state index < -0.39 is 0 Å². The normalized spacial score (nSPS) is 25.7. The van der Waals surface area contributed by atoms with E-state index in [1.165, 1.54) is 11.1 Å². The molecule has 68 valence electrons. The van der Waals surface area contributed by atoms with Crippen molar-refractivity contribution in [3.05, 3.63) is 33.8 Å². The molecule has 0 fully saturated rings. The Bertz CT molecular complexity index is 346. The third-order valence-corrected chi connectivity index (χ3v) is 3.26. The quantitative estimate of drug-likeness (QED) is 0.688. The molecule has 0 aliphatic heterocycles. The minimum absolute atomic E-state index is 0.104. The van der Waals surface area contributed by atoms with Crippen molar-refractivity contribution in [1.82, 2.24) is 0 Å². The number of halogens is 1. The number of rotatable bonds is 1. The number of hydrogen-bond acceptors (Lipinski definition) is 1. The van der Waals surface area contributed by atoms with Crippen molar-refractivity contribution in [2.24, 2.45) is 5.92 Å². The number of carbonyl (C=O) groups excluding carboxylic acids is 1. The van der Waals surface area contributed by atoms with Crippen LogP contribution in [0.2, 0.25) is 0 Å². The van der Waals surface area contributed by atoms with Gasteiger partial charge in [-0.1, -0.05) is 28.9 Å². The number of carbonyl (C=O) groups is 1. The lowest BCUT2D eigenvalue weighted by molar-refractivity contribution is -0.109. The van der Waals surface area contributed by atoms with E-state index in [0.717, 1.165) is 17.2 Å². The van der Waals surface area contributed by atoms with Crippen LogP contribution in [0, 0.1) is 5.92 Å². The Morgan fingerprint density at radius 3 is 3.00 bits per heavy atom. The number of aldehydes is 1. The molecule has 0 radical (unpaired) electrons. The summed E-state index contributed by atoms with van der Waals surface area (Å²) in [7, 11) is 0. The van der Waals surface area contributed by atoms with Crippen LogP contribution in [0.5, 0.6) is 0 Å². The minimum atomic E-state index is 0.104. The van der Waals surface area contributed by atoms with E-state index in [2.05, 4.69) is 35.0 Å². The van der Waals surface area contributed by atoms with Gasteiger partial charge in [-0.3, -0.25) is 0 Å². The summed E-state index contributed by atoms with van der Waals surface area (Å²) in [5.74, 6) is 0.564. The van der Waals surface area contributed by atoms with Crippen molar-refractivity contribution in [3.63, 3.8) is 0 Å². The third kappa shape index (κ3) is 1.44. The molecule has 0 saturated heterocycles. The van der Waals surface area contributed by atoms with E-state index in [1.807, 2.05) is 6.07 Å².